The number of ether oxygens (including phenoxy) is 1. The van der Waals surface area contributed by atoms with Gasteiger partial charge in [0.2, 0.25) is 10.1 Å². The first-order chi connectivity index (χ1) is 12.7. The van der Waals surface area contributed by atoms with Gasteiger partial charge in [0.05, 0.1) is 0 Å². The van der Waals surface area contributed by atoms with Crippen molar-refractivity contribution >= 4 is 27.5 Å². The lowest BCUT2D eigenvalue weighted by molar-refractivity contribution is 0.0517. The topological polar surface area (TPSA) is 88.8 Å². The smallest absolute Gasteiger partial charge is 0.407 e. The number of amides is 1. The highest BCUT2D eigenvalue weighted by Gasteiger charge is 2.24. The van der Waals surface area contributed by atoms with Crippen molar-refractivity contribution in [3.05, 3.63) is 22.1 Å². The molecule has 3 heterocycles. The summed E-state index contributed by atoms with van der Waals surface area (Å²) in [4.78, 5) is 31.4. The molecule has 0 aromatic carbocycles. The summed E-state index contributed by atoms with van der Waals surface area (Å²) in [7, 11) is 0. The van der Waals surface area contributed by atoms with Gasteiger partial charge < -0.3 is 15.0 Å². The van der Waals surface area contributed by atoms with Gasteiger partial charge in [-0.15, -0.1) is 5.10 Å². The van der Waals surface area contributed by atoms with Crippen molar-refractivity contribution in [3.63, 3.8) is 0 Å². The highest BCUT2D eigenvalue weighted by Crippen LogP contribution is 2.26. The normalized spacial score (nSPS) is 17.9. The summed E-state index contributed by atoms with van der Waals surface area (Å²) in [5.41, 5.74) is 0.147. The Morgan fingerprint density at radius 2 is 2.22 bits per heavy atom. The van der Waals surface area contributed by atoms with E-state index >= 15 is 0 Å². The van der Waals surface area contributed by atoms with Crippen molar-refractivity contribution in [2.75, 3.05) is 24.5 Å². The van der Waals surface area contributed by atoms with Crippen molar-refractivity contribution in [2.24, 2.45) is 5.92 Å². The van der Waals surface area contributed by atoms with Gasteiger partial charge in [-0.1, -0.05) is 18.3 Å². The molecule has 1 aliphatic heterocycles. The number of anilines is 1. The summed E-state index contributed by atoms with van der Waals surface area (Å²) in [6.45, 7) is 9.76. The zero-order valence-electron chi connectivity index (χ0n) is 16.3. The van der Waals surface area contributed by atoms with Gasteiger partial charge in [-0.25, -0.2) is 9.78 Å². The molecule has 0 aliphatic carbocycles. The summed E-state index contributed by atoms with van der Waals surface area (Å²) in [6.07, 6.45) is 2.39. The van der Waals surface area contributed by atoms with Gasteiger partial charge in [0.25, 0.3) is 5.56 Å². The minimum atomic E-state index is -0.499. The zero-order valence-corrected chi connectivity index (χ0v) is 17.1. The van der Waals surface area contributed by atoms with Crippen LogP contribution >= 0.6 is 11.3 Å². The number of aromatic nitrogens is 3. The van der Waals surface area contributed by atoms with Crippen LogP contribution in [-0.4, -0.2) is 45.9 Å². The number of nitrogens with one attached hydrogen (secondary N) is 1. The summed E-state index contributed by atoms with van der Waals surface area (Å²) >= 11 is 1.44. The fourth-order valence-electron chi connectivity index (χ4n) is 3.10. The lowest BCUT2D eigenvalue weighted by Gasteiger charge is -2.32. The van der Waals surface area contributed by atoms with Crippen molar-refractivity contribution in [3.8, 4) is 0 Å². The first kappa shape index (κ1) is 19.6. The Balaban J connectivity index is 1.66. The predicted molar refractivity (Wildman–Crippen MR) is 106 cm³/mol. The largest absolute Gasteiger partial charge is 0.444 e. The number of hydrogen-bond donors (Lipinski definition) is 1. The zero-order chi connectivity index (χ0) is 19.6. The van der Waals surface area contributed by atoms with Crippen LogP contribution in [-0.2, 0) is 11.2 Å². The van der Waals surface area contributed by atoms with Gasteiger partial charge in [0, 0.05) is 31.4 Å². The molecule has 1 aliphatic rings. The van der Waals surface area contributed by atoms with E-state index in [1.165, 1.54) is 15.9 Å². The highest BCUT2D eigenvalue weighted by molar-refractivity contribution is 7.20. The summed E-state index contributed by atoms with van der Waals surface area (Å²) in [5, 5.41) is 8.12. The average molecular weight is 394 g/mol. The van der Waals surface area contributed by atoms with Crippen LogP contribution in [0.1, 0.15) is 46.2 Å². The molecule has 3 rings (SSSR count). The summed E-state index contributed by atoms with van der Waals surface area (Å²) in [5.74, 6) is 0.314. The lowest BCUT2D eigenvalue weighted by Crippen LogP contribution is -2.42. The highest BCUT2D eigenvalue weighted by atomic mass is 32.1. The molecule has 1 fully saturated rings. The van der Waals surface area contributed by atoms with Gasteiger partial charge in [0.1, 0.15) is 5.60 Å². The standard InChI is InChI=1S/C18H27N5O3S/c1-5-13-9-14(24)23-15(20-13)27-16(21-23)22-8-6-7-12(11-22)10-19-17(25)26-18(2,3)4/h9,12H,5-8,10-11H2,1-4H3,(H,19,25). The predicted octanol–water partition coefficient (Wildman–Crippen LogP) is 2.45. The summed E-state index contributed by atoms with van der Waals surface area (Å²) in [6, 6.07) is 1.54. The molecular formula is C18H27N5O3S. The molecule has 8 nitrogen and oxygen atoms in total. The number of fused-ring (bicyclic) bond motifs is 1. The molecule has 2 aromatic heterocycles. The Morgan fingerprint density at radius 3 is 2.93 bits per heavy atom. The van der Waals surface area contributed by atoms with Crippen LogP contribution in [0.2, 0.25) is 0 Å². The monoisotopic (exact) mass is 393 g/mol. The van der Waals surface area contributed by atoms with E-state index in [4.69, 9.17) is 4.74 Å². The molecule has 27 heavy (non-hydrogen) atoms. The van der Waals surface area contributed by atoms with Gasteiger partial charge in [0.15, 0.2) is 0 Å². The quantitative estimate of drug-likeness (QED) is 0.858. The van der Waals surface area contributed by atoms with E-state index in [0.29, 0.717) is 17.4 Å². The number of carbonyl (C=O) groups is 1. The Kier molecular flexibility index (Phi) is 5.69. The van der Waals surface area contributed by atoms with E-state index in [1.807, 2.05) is 27.7 Å². The van der Waals surface area contributed by atoms with Gasteiger partial charge in [-0.05, 0) is 46.0 Å². The van der Waals surface area contributed by atoms with Crippen LogP contribution in [0, 0.1) is 5.92 Å². The molecule has 1 atom stereocenters. The molecule has 9 heteroatoms. The fourth-order valence-corrected chi connectivity index (χ4v) is 4.06. The van der Waals surface area contributed by atoms with Crippen molar-refractivity contribution < 1.29 is 9.53 Å². The minimum Gasteiger partial charge on any atom is -0.444 e. The fraction of sp³-hybridized carbons (Fsp3) is 0.667. The van der Waals surface area contributed by atoms with Crippen LogP contribution in [0.25, 0.3) is 4.96 Å². The summed E-state index contributed by atoms with van der Waals surface area (Å²) < 4.78 is 6.67. The number of rotatable bonds is 4. The van der Waals surface area contributed by atoms with E-state index < -0.39 is 5.60 Å². The van der Waals surface area contributed by atoms with Crippen LogP contribution in [0.4, 0.5) is 9.93 Å². The maximum Gasteiger partial charge on any atom is 0.407 e. The molecule has 1 N–H and O–H groups in total. The van der Waals surface area contributed by atoms with Gasteiger partial charge >= 0.3 is 6.09 Å². The molecule has 0 saturated carbocycles. The minimum absolute atomic E-state index is 0.139. The number of piperidine rings is 1. The molecule has 1 saturated heterocycles. The maximum absolute atomic E-state index is 12.2. The van der Waals surface area contributed by atoms with Crippen molar-refractivity contribution in [1.29, 1.82) is 0 Å². The maximum atomic E-state index is 12.2. The number of carbonyl (C=O) groups excluding carboxylic acids is 1. The number of hydrogen-bond acceptors (Lipinski definition) is 7. The van der Waals surface area contributed by atoms with Crippen LogP contribution in [0.3, 0.4) is 0 Å². The number of aryl methyl sites for hydroxylation is 1. The van der Waals surface area contributed by atoms with E-state index in [1.54, 1.807) is 6.07 Å². The van der Waals surface area contributed by atoms with Crippen molar-refractivity contribution in [2.45, 2.75) is 52.6 Å². The van der Waals surface area contributed by atoms with E-state index in [-0.39, 0.29) is 11.7 Å². The lowest BCUT2D eigenvalue weighted by atomic mass is 9.98. The number of alkyl carbamates (subject to hydrolysis) is 1. The van der Waals surface area contributed by atoms with Crippen LogP contribution in [0.15, 0.2) is 10.9 Å². The van der Waals surface area contributed by atoms with Crippen LogP contribution in [0.5, 0.6) is 0 Å². The molecule has 1 amide bonds. The SMILES string of the molecule is CCc1cc(=O)n2nc(N3CCCC(CNC(=O)OC(C)(C)C)C3)sc2n1. The Bertz CT molecular complexity index is 870. The van der Waals surface area contributed by atoms with Crippen molar-refractivity contribution in [1.82, 2.24) is 19.9 Å². The molecule has 0 radical (unpaired) electrons. The third-order valence-corrected chi connectivity index (χ3v) is 5.34. The molecule has 2 aromatic rings. The third kappa shape index (κ3) is 4.97. The molecule has 1 unspecified atom stereocenters. The van der Waals surface area contributed by atoms with E-state index in [9.17, 15) is 9.59 Å². The second kappa shape index (κ2) is 7.84. The Hall–Kier alpha value is -2.16. The molecule has 148 valence electrons. The molecular weight excluding hydrogens is 366 g/mol. The van der Waals surface area contributed by atoms with Gasteiger partial charge in [-0.3, -0.25) is 4.79 Å². The second-order valence-electron chi connectivity index (χ2n) is 7.86. The first-order valence-electron chi connectivity index (χ1n) is 9.37. The molecule has 0 spiro atoms. The van der Waals surface area contributed by atoms with E-state index in [2.05, 4.69) is 20.3 Å². The second-order valence-corrected chi connectivity index (χ2v) is 8.79. The third-order valence-electron chi connectivity index (χ3n) is 4.37. The van der Waals surface area contributed by atoms with E-state index in [0.717, 1.165) is 43.2 Å². The molecule has 0 bridgehead atoms. The number of nitrogens with zero attached hydrogens (tertiary/aromatic N) is 4. The van der Waals surface area contributed by atoms with Crippen LogP contribution < -0.4 is 15.8 Å². The Morgan fingerprint density at radius 1 is 1.44 bits per heavy atom. The first-order valence-corrected chi connectivity index (χ1v) is 10.2. The Labute approximate surface area is 162 Å². The average Bonchev–Trinajstić information content (AvgIpc) is 3.03. The van der Waals surface area contributed by atoms with Gasteiger partial charge in [-0.2, -0.15) is 4.52 Å².